The molecule has 164 valence electrons. The fourth-order valence-corrected chi connectivity index (χ4v) is 4.21. The van der Waals surface area contributed by atoms with Gasteiger partial charge in [0.2, 0.25) is 5.76 Å². The van der Waals surface area contributed by atoms with E-state index >= 15 is 0 Å². The molecule has 1 atom stereocenters. The van der Waals surface area contributed by atoms with Crippen molar-refractivity contribution in [3.63, 3.8) is 0 Å². The van der Waals surface area contributed by atoms with Crippen molar-refractivity contribution in [2.45, 2.75) is 26.8 Å². The molecule has 8 heteroatoms. The molecule has 4 aromatic rings. The fourth-order valence-electron chi connectivity index (χ4n) is 4.21. The molecule has 8 nitrogen and oxygen atoms in total. The summed E-state index contributed by atoms with van der Waals surface area (Å²) in [6.45, 7) is 5.69. The standard InChI is InChI=1S/C25H19N3O5/c1-13-8-9-26-20(10-13)27-22(16-4-6-17(7-5-16)28(31)32)21-23(29)18-11-14(2)15(3)12-19(18)33-24(21)25(27)30/h4-12,22H,1-3H3/t22-/m0/s1. The van der Waals surface area contributed by atoms with E-state index in [1.54, 1.807) is 42.6 Å². The van der Waals surface area contributed by atoms with Gasteiger partial charge in [-0.2, -0.15) is 0 Å². The zero-order valence-corrected chi connectivity index (χ0v) is 18.2. The number of pyridine rings is 1. The molecule has 1 amide bonds. The maximum atomic E-state index is 13.7. The highest BCUT2D eigenvalue weighted by atomic mass is 16.6. The van der Waals surface area contributed by atoms with Gasteiger partial charge in [-0.05, 0) is 79.4 Å². The normalized spacial score (nSPS) is 15.2. The van der Waals surface area contributed by atoms with Crippen LogP contribution in [0.15, 0.2) is 63.9 Å². The Labute approximate surface area is 188 Å². The second-order valence-corrected chi connectivity index (χ2v) is 8.22. The molecule has 0 aliphatic carbocycles. The first-order chi connectivity index (χ1) is 15.8. The molecule has 0 unspecified atom stereocenters. The van der Waals surface area contributed by atoms with E-state index in [1.807, 2.05) is 20.8 Å². The number of amides is 1. The summed E-state index contributed by atoms with van der Waals surface area (Å²) in [5.74, 6) is -0.156. The van der Waals surface area contributed by atoms with E-state index < -0.39 is 16.9 Å². The minimum atomic E-state index is -0.829. The topological polar surface area (TPSA) is 107 Å². The minimum absolute atomic E-state index is 0.0394. The van der Waals surface area contributed by atoms with Gasteiger partial charge in [0.1, 0.15) is 11.4 Å². The van der Waals surface area contributed by atoms with Crippen LogP contribution in [-0.4, -0.2) is 15.8 Å². The van der Waals surface area contributed by atoms with Gasteiger partial charge >= 0.3 is 0 Å². The molecule has 3 heterocycles. The lowest BCUT2D eigenvalue weighted by Crippen LogP contribution is -2.30. The SMILES string of the molecule is Cc1ccnc(N2C(=O)c3oc4cc(C)c(C)cc4c(=O)c3[C@@H]2c2ccc([N+](=O)[O-])cc2)c1. The van der Waals surface area contributed by atoms with E-state index in [2.05, 4.69) is 4.98 Å². The van der Waals surface area contributed by atoms with Crippen molar-refractivity contribution in [2.75, 3.05) is 4.90 Å². The molecule has 0 saturated carbocycles. The first-order valence-corrected chi connectivity index (χ1v) is 10.3. The van der Waals surface area contributed by atoms with Crippen LogP contribution in [0, 0.1) is 30.9 Å². The highest BCUT2D eigenvalue weighted by Gasteiger charge is 2.44. The number of hydrogen-bond acceptors (Lipinski definition) is 6. The lowest BCUT2D eigenvalue weighted by atomic mass is 9.97. The van der Waals surface area contributed by atoms with Crippen LogP contribution < -0.4 is 10.3 Å². The van der Waals surface area contributed by atoms with E-state index in [1.165, 1.54) is 17.0 Å². The Morgan fingerprint density at radius 1 is 1.00 bits per heavy atom. The van der Waals surface area contributed by atoms with E-state index in [-0.39, 0.29) is 22.4 Å². The van der Waals surface area contributed by atoms with Crippen molar-refractivity contribution >= 4 is 28.4 Å². The van der Waals surface area contributed by atoms with Crippen LogP contribution in [0.25, 0.3) is 11.0 Å². The van der Waals surface area contributed by atoms with Gasteiger partial charge < -0.3 is 4.42 Å². The molecule has 0 radical (unpaired) electrons. The quantitative estimate of drug-likeness (QED) is 0.335. The van der Waals surface area contributed by atoms with Crippen molar-refractivity contribution < 1.29 is 14.1 Å². The maximum Gasteiger partial charge on any atom is 0.296 e. The van der Waals surface area contributed by atoms with Crippen molar-refractivity contribution in [3.8, 4) is 0 Å². The Kier molecular flexibility index (Phi) is 4.59. The van der Waals surface area contributed by atoms with Gasteiger partial charge in [0.25, 0.3) is 11.6 Å². The average molecular weight is 441 g/mol. The van der Waals surface area contributed by atoms with Crippen molar-refractivity contribution in [1.29, 1.82) is 0 Å². The predicted octanol–water partition coefficient (Wildman–Crippen LogP) is 4.77. The van der Waals surface area contributed by atoms with E-state index in [9.17, 15) is 19.7 Å². The van der Waals surface area contributed by atoms with Crippen LogP contribution in [0.3, 0.4) is 0 Å². The summed E-state index contributed by atoms with van der Waals surface area (Å²) < 4.78 is 6.00. The number of rotatable bonds is 3. The number of hydrogen-bond donors (Lipinski definition) is 0. The van der Waals surface area contributed by atoms with Gasteiger partial charge in [0, 0.05) is 18.3 Å². The average Bonchev–Trinajstić information content (AvgIpc) is 3.08. The largest absolute Gasteiger partial charge is 0.450 e. The maximum absolute atomic E-state index is 13.7. The van der Waals surface area contributed by atoms with Crippen LogP contribution in [0.2, 0.25) is 0 Å². The Hall–Kier alpha value is -4.33. The van der Waals surface area contributed by atoms with Crippen LogP contribution in [0.4, 0.5) is 11.5 Å². The highest BCUT2D eigenvalue weighted by Crippen LogP contribution is 2.41. The van der Waals surface area contributed by atoms with Crippen molar-refractivity contribution in [2.24, 2.45) is 0 Å². The zero-order valence-electron chi connectivity index (χ0n) is 18.2. The predicted molar refractivity (Wildman–Crippen MR) is 123 cm³/mol. The highest BCUT2D eigenvalue weighted by molar-refractivity contribution is 6.10. The Morgan fingerprint density at radius 2 is 1.70 bits per heavy atom. The van der Waals surface area contributed by atoms with Crippen LogP contribution in [0.5, 0.6) is 0 Å². The van der Waals surface area contributed by atoms with Crippen LogP contribution in [0.1, 0.15) is 44.4 Å². The van der Waals surface area contributed by atoms with E-state index in [0.717, 1.165) is 16.7 Å². The van der Waals surface area contributed by atoms with Gasteiger partial charge in [-0.15, -0.1) is 0 Å². The Morgan fingerprint density at radius 3 is 2.36 bits per heavy atom. The molecular formula is C25H19N3O5. The second kappa shape index (κ2) is 7.37. The molecule has 0 saturated heterocycles. The third kappa shape index (κ3) is 3.18. The first kappa shape index (κ1) is 20.6. The molecule has 1 aliphatic rings. The summed E-state index contributed by atoms with van der Waals surface area (Å²) in [7, 11) is 0. The summed E-state index contributed by atoms with van der Waals surface area (Å²) in [4.78, 5) is 43.6. The third-order valence-corrected chi connectivity index (χ3v) is 6.05. The molecule has 0 bridgehead atoms. The van der Waals surface area contributed by atoms with Crippen molar-refractivity contribution in [3.05, 3.63) is 109 Å². The Bertz CT molecular complexity index is 1520. The zero-order chi connectivity index (χ0) is 23.4. The van der Waals surface area contributed by atoms with Gasteiger partial charge in [-0.3, -0.25) is 24.6 Å². The number of carbonyl (C=O) groups excluding carboxylic acids is 1. The number of benzene rings is 2. The summed E-state index contributed by atoms with van der Waals surface area (Å²) >= 11 is 0. The molecule has 0 N–H and O–H groups in total. The number of fused-ring (bicyclic) bond motifs is 2. The first-order valence-electron chi connectivity index (χ1n) is 10.3. The number of carbonyl (C=O) groups is 1. The molecule has 5 rings (SSSR count). The van der Waals surface area contributed by atoms with Gasteiger partial charge in [0.05, 0.1) is 21.9 Å². The summed E-state index contributed by atoms with van der Waals surface area (Å²) in [6, 6.07) is 12.1. The number of non-ortho nitro benzene ring substituents is 1. The molecule has 0 fully saturated rings. The lowest BCUT2D eigenvalue weighted by Gasteiger charge is -2.24. The summed E-state index contributed by atoms with van der Waals surface area (Å²) in [6.07, 6.45) is 1.59. The van der Waals surface area contributed by atoms with E-state index in [0.29, 0.717) is 22.4 Å². The molecule has 2 aromatic carbocycles. The van der Waals surface area contributed by atoms with Crippen LogP contribution in [-0.2, 0) is 0 Å². The fraction of sp³-hybridized carbons (Fsp3) is 0.160. The van der Waals surface area contributed by atoms with Crippen LogP contribution >= 0.6 is 0 Å². The number of nitro groups is 1. The summed E-state index contributed by atoms with van der Waals surface area (Å²) in [5.41, 5.74) is 3.47. The van der Waals surface area contributed by atoms with Gasteiger partial charge in [-0.25, -0.2) is 4.98 Å². The minimum Gasteiger partial charge on any atom is -0.450 e. The third-order valence-electron chi connectivity index (χ3n) is 6.05. The summed E-state index contributed by atoms with van der Waals surface area (Å²) in [5, 5.41) is 11.5. The molecular weight excluding hydrogens is 422 g/mol. The number of anilines is 1. The van der Waals surface area contributed by atoms with Gasteiger partial charge in [-0.1, -0.05) is 0 Å². The number of aromatic nitrogens is 1. The Balaban J connectivity index is 1.80. The smallest absolute Gasteiger partial charge is 0.296 e. The number of nitro benzene ring substituents is 1. The van der Waals surface area contributed by atoms with Gasteiger partial charge in [0.15, 0.2) is 5.43 Å². The number of nitrogens with zero attached hydrogens (tertiary/aromatic N) is 3. The van der Waals surface area contributed by atoms with E-state index in [4.69, 9.17) is 4.42 Å². The lowest BCUT2D eigenvalue weighted by molar-refractivity contribution is -0.384. The second-order valence-electron chi connectivity index (χ2n) is 8.22. The molecule has 33 heavy (non-hydrogen) atoms. The molecule has 2 aromatic heterocycles. The molecule has 1 aliphatic heterocycles. The number of aryl methyl sites for hydroxylation is 3. The molecule has 0 spiro atoms. The monoisotopic (exact) mass is 441 g/mol. The van der Waals surface area contributed by atoms with Crippen molar-refractivity contribution in [1.82, 2.24) is 4.98 Å².